The highest BCUT2D eigenvalue weighted by molar-refractivity contribution is 4.88. The van der Waals surface area contributed by atoms with Gasteiger partial charge in [0.25, 0.3) is 0 Å². The summed E-state index contributed by atoms with van der Waals surface area (Å²) in [5.74, 6) is 1.15. The average molecular weight is 297 g/mol. The molecule has 3 nitrogen and oxygen atoms in total. The molecule has 0 aromatic rings. The standard InChI is InChI=1S/C18H35NO2/c1-18(2,3)15-7-8-17(21)14(12-15)13-19-10-5-4-6-16(19)9-11-20/h14-17,20-21H,4-13H2,1-3H3. The lowest BCUT2D eigenvalue weighted by Crippen LogP contribution is -2.47. The SMILES string of the molecule is CC(C)(C)C1CCC(O)C(CN2CCCCC2CCO)C1. The maximum absolute atomic E-state index is 10.4. The Morgan fingerprint density at radius 1 is 1.10 bits per heavy atom. The van der Waals surface area contributed by atoms with Gasteiger partial charge in [0, 0.05) is 19.2 Å². The zero-order valence-corrected chi connectivity index (χ0v) is 14.2. The van der Waals surface area contributed by atoms with Crippen LogP contribution in [0.5, 0.6) is 0 Å². The third-order valence-corrected chi connectivity index (χ3v) is 5.85. The Balaban J connectivity index is 1.95. The molecule has 4 atom stereocenters. The van der Waals surface area contributed by atoms with Crippen molar-refractivity contribution in [3.63, 3.8) is 0 Å². The molecule has 1 saturated heterocycles. The number of aliphatic hydroxyl groups excluding tert-OH is 2. The minimum atomic E-state index is -0.125. The molecule has 0 bridgehead atoms. The molecule has 4 unspecified atom stereocenters. The van der Waals surface area contributed by atoms with E-state index in [1.165, 1.54) is 25.7 Å². The van der Waals surface area contributed by atoms with Gasteiger partial charge >= 0.3 is 0 Å². The van der Waals surface area contributed by atoms with Crippen LogP contribution in [0.2, 0.25) is 0 Å². The average Bonchev–Trinajstić information content (AvgIpc) is 2.42. The van der Waals surface area contributed by atoms with Gasteiger partial charge in [-0.15, -0.1) is 0 Å². The van der Waals surface area contributed by atoms with E-state index in [4.69, 9.17) is 0 Å². The topological polar surface area (TPSA) is 43.7 Å². The summed E-state index contributed by atoms with van der Waals surface area (Å²) < 4.78 is 0. The Bertz CT molecular complexity index is 311. The number of hydrogen-bond acceptors (Lipinski definition) is 3. The summed E-state index contributed by atoms with van der Waals surface area (Å²) in [7, 11) is 0. The van der Waals surface area contributed by atoms with Gasteiger partial charge in [0.2, 0.25) is 0 Å². The largest absolute Gasteiger partial charge is 0.396 e. The number of hydrogen-bond donors (Lipinski definition) is 2. The first-order valence-electron chi connectivity index (χ1n) is 8.94. The van der Waals surface area contributed by atoms with E-state index in [0.29, 0.717) is 24.0 Å². The molecule has 0 aromatic heterocycles. The van der Waals surface area contributed by atoms with Crippen molar-refractivity contribution in [2.45, 2.75) is 77.9 Å². The molecule has 0 amide bonds. The molecule has 2 fully saturated rings. The molecule has 2 rings (SSSR count). The maximum Gasteiger partial charge on any atom is 0.0580 e. The Labute approximate surface area is 130 Å². The number of likely N-dealkylation sites (tertiary alicyclic amines) is 1. The van der Waals surface area contributed by atoms with Crippen molar-refractivity contribution in [1.82, 2.24) is 4.90 Å². The molecular formula is C18H35NO2. The second kappa shape index (κ2) is 7.43. The molecule has 1 aliphatic heterocycles. The van der Waals surface area contributed by atoms with Crippen LogP contribution in [0.25, 0.3) is 0 Å². The molecule has 2 N–H and O–H groups in total. The van der Waals surface area contributed by atoms with Gasteiger partial charge in [0.05, 0.1) is 6.10 Å². The van der Waals surface area contributed by atoms with E-state index in [-0.39, 0.29) is 6.10 Å². The molecule has 1 heterocycles. The monoisotopic (exact) mass is 297 g/mol. The van der Waals surface area contributed by atoms with Crippen molar-refractivity contribution >= 4 is 0 Å². The Kier molecular flexibility index (Phi) is 6.10. The first-order valence-corrected chi connectivity index (χ1v) is 8.94. The Morgan fingerprint density at radius 3 is 2.52 bits per heavy atom. The summed E-state index contributed by atoms with van der Waals surface area (Å²) in [6.07, 6.45) is 7.84. The predicted molar refractivity (Wildman–Crippen MR) is 87.2 cm³/mol. The van der Waals surface area contributed by atoms with Crippen LogP contribution in [0.4, 0.5) is 0 Å². The van der Waals surface area contributed by atoms with Gasteiger partial charge in [0.1, 0.15) is 0 Å². The molecule has 21 heavy (non-hydrogen) atoms. The molecule has 0 aromatic carbocycles. The van der Waals surface area contributed by atoms with E-state index in [1.54, 1.807) is 0 Å². The van der Waals surface area contributed by atoms with Crippen molar-refractivity contribution in [2.75, 3.05) is 19.7 Å². The maximum atomic E-state index is 10.4. The van der Waals surface area contributed by atoms with E-state index in [2.05, 4.69) is 25.7 Å². The van der Waals surface area contributed by atoms with Crippen molar-refractivity contribution < 1.29 is 10.2 Å². The Morgan fingerprint density at radius 2 is 1.86 bits per heavy atom. The highest BCUT2D eigenvalue weighted by Crippen LogP contribution is 2.41. The van der Waals surface area contributed by atoms with Gasteiger partial charge in [-0.2, -0.15) is 0 Å². The lowest BCUT2D eigenvalue weighted by Gasteiger charge is -2.44. The summed E-state index contributed by atoms with van der Waals surface area (Å²) in [4.78, 5) is 2.55. The van der Waals surface area contributed by atoms with Gasteiger partial charge < -0.3 is 10.2 Å². The Hall–Kier alpha value is -0.120. The lowest BCUT2D eigenvalue weighted by molar-refractivity contribution is -0.0103. The van der Waals surface area contributed by atoms with E-state index in [1.807, 2.05) is 0 Å². The third kappa shape index (κ3) is 4.67. The van der Waals surface area contributed by atoms with E-state index >= 15 is 0 Å². The molecule has 1 aliphatic carbocycles. The zero-order valence-electron chi connectivity index (χ0n) is 14.2. The number of aliphatic hydroxyl groups is 2. The van der Waals surface area contributed by atoms with Crippen LogP contribution >= 0.6 is 0 Å². The van der Waals surface area contributed by atoms with Gasteiger partial charge in [-0.1, -0.05) is 27.2 Å². The van der Waals surface area contributed by atoms with Crippen LogP contribution in [-0.4, -0.2) is 47.0 Å². The highest BCUT2D eigenvalue weighted by atomic mass is 16.3. The normalized spacial score (nSPS) is 35.9. The summed E-state index contributed by atoms with van der Waals surface area (Å²) in [5, 5.41) is 19.7. The van der Waals surface area contributed by atoms with Crippen molar-refractivity contribution in [3.8, 4) is 0 Å². The molecule has 2 aliphatic rings. The molecule has 1 saturated carbocycles. The third-order valence-electron chi connectivity index (χ3n) is 5.85. The molecule has 0 radical (unpaired) electrons. The molecule has 3 heteroatoms. The minimum Gasteiger partial charge on any atom is -0.396 e. The zero-order chi connectivity index (χ0) is 15.5. The van der Waals surface area contributed by atoms with E-state index < -0.39 is 0 Å². The number of rotatable bonds is 4. The summed E-state index contributed by atoms with van der Waals surface area (Å²) >= 11 is 0. The van der Waals surface area contributed by atoms with Crippen LogP contribution < -0.4 is 0 Å². The summed E-state index contributed by atoms with van der Waals surface area (Å²) in [6.45, 7) is 9.47. The second-order valence-electron chi connectivity index (χ2n) is 8.36. The fourth-order valence-corrected chi connectivity index (χ4v) is 4.31. The van der Waals surface area contributed by atoms with Crippen LogP contribution in [0.15, 0.2) is 0 Å². The van der Waals surface area contributed by atoms with Gasteiger partial charge in [-0.25, -0.2) is 0 Å². The number of nitrogens with zero attached hydrogens (tertiary/aromatic N) is 1. The predicted octanol–water partition coefficient (Wildman–Crippen LogP) is 3.05. The first-order chi connectivity index (χ1) is 9.91. The van der Waals surface area contributed by atoms with Gasteiger partial charge in [-0.3, -0.25) is 4.90 Å². The molecular weight excluding hydrogens is 262 g/mol. The fourth-order valence-electron chi connectivity index (χ4n) is 4.31. The minimum absolute atomic E-state index is 0.125. The molecule has 124 valence electrons. The van der Waals surface area contributed by atoms with Gasteiger partial charge in [0.15, 0.2) is 0 Å². The van der Waals surface area contributed by atoms with Crippen LogP contribution in [0.1, 0.15) is 65.7 Å². The summed E-state index contributed by atoms with van der Waals surface area (Å²) in [5.41, 5.74) is 0.352. The van der Waals surface area contributed by atoms with Crippen LogP contribution in [-0.2, 0) is 0 Å². The smallest absolute Gasteiger partial charge is 0.0580 e. The van der Waals surface area contributed by atoms with Crippen LogP contribution in [0.3, 0.4) is 0 Å². The van der Waals surface area contributed by atoms with E-state index in [9.17, 15) is 10.2 Å². The van der Waals surface area contributed by atoms with Gasteiger partial charge in [-0.05, 0) is 62.3 Å². The van der Waals surface area contributed by atoms with Crippen molar-refractivity contribution in [1.29, 1.82) is 0 Å². The fraction of sp³-hybridized carbons (Fsp3) is 1.00. The second-order valence-corrected chi connectivity index (χ2v) is 8.36. The first kappa shape index (κ1) is 17.2. The highest BCUT2D eigenvalue weighted by Gasteiger charge is 2.36. The number of piperidine rings is 1. The van der Waals surface area contributed by atoms with Crippen molar-refractivity contribution in [2.24, 2.45) is 17.3 Å². The summed E-state index contributed by atoms with van der Waals surface area (Å²) in [6, 6.07) is 0.533. The quantitative estimate of drug-likeness (QED) is 0.838. The lowest BCUT2D eigenvalue weighted by atomic mass is 9.68. The van der Waals surface area contributed by atoms with Crippen LogP contribution in [0, 0.1) is 17.3 Å². The van der Waals surface area contributed by atoms with Crippen molar-refractivity contribution in [3.05, 3.63) is 0 Å². The van der Waals surface area contributed by atoms with E-state index in [0.717, 1.165) is 38.3 Å². The molecule has 0 spiro atoms.